The molecule has 108 valence electrons. The summed E-state index contributed by atoms with van der Waals surface area (Å²) in [6, 6.07) is 15.9. The van der Waals surface area contributed by atoms with E-state index in [-0.39, 0.29) is 0 Å². The highest BCUT2D eigenvalue weighted by Crippen LogP contribution is 2.32. The van der Waals surface area contributed by atoms with Crippen LogP contribution in [0.3, 0.4) is 0 Å². The minimum absolute atomic E-state index is 0.308. The Hall–Kier alpha value is -1.12. The Balaban J connectivity index is 2.15. The maximum atomic E-state index is 3.80. The first-order chi connectivity index (χ1) is 9.46. The third-order valence-electron chi connectivity index (χ3n) is 3.44. The van der Waals surface area contributed by atoms with Gasteiger partial charge in [-0.15, -0.1) is 11.3 Å². The van der Waals surface area contributed by atoms with Crippen LogP contribution in [0.15, 0.2) is 47.8 Å². The third kappa shape index (κ3) is 4.46. The molecular weight excluding hydrogens is 262 g/mol. The SMILES string of the molecule is C[C@H](NC(CC(C)(C)C)c1ccccc1)c1cccs1. The summed E-state index contributed by atoms with van der Waals surface area (Å²) < 4.78 is 0. The van der Waals surface area contributed by atoms with Gasteiger partial charge in [0.25, 0.3) is 0 Å². The Kier molecular flexibility index (Phi) is 5.00. The first-order valence-electron chi connectivity index (χ1n) is 7.30. The van der Waals surface area contributed by atoms with Gasteiger partial charge in [-0.3, -0.25) is 0 Å². The monoisotopic (exact) mass is 287 g/mol. The quantitative estimate of drug-likeness (QED) is 0.757. The van der Waals surface area contributed by atoms with Gasteiger partial charge in [0.1, 0.15) is 0 Å². The number of rotatable bonds is 5. The van der Waals surface area contributed by atoms with E-state index in [1.165, 1.54) is 10.4 Å². The van der Waals surface area contributed by atoms with Crippen molar-refractivity contribution >= 4 is 11.3 Å². The standard InChI is InChI=1S/C18H25NS/c1-14(17-11-8-12-20-17)19-16(13-18(2,3)4)15-9-6-5-7-10-15/h5-12,14,16,19H,13H2,1-4H3/t14-,16?/m0/s1. The molecule has 2 atom stereocenters. The van der Waals surface area contributed by atoms with Crippen molar-refractivity contribution in [2.75, 3.05) is 0 Å². The van der Waals surface area contributed by atoms with Crippen LogP contribution in [-0.4, -0.2) is 0 Å². The molecule has 20 heavy (non-hydrogen) atoms. The van der Waals surface area contributed by atoms with Crippen LogP contribution in [0.4, 0.5) is 0 Å². The average molecular weight is 287 g/mol. The second-order valence-electron chi connectivity index (χ2n) is 6.63. The lowest BCUT2D eigenvalue weighted by Crippen LogP contribution is -2.27. The van der Waals surface area contributed by atoms with Crippen LogP contribution in [0.25, 0.3) is 0 Å². The Labute approximate surface area is 127 Å². The molecule has 1 nitrogen and oxygen atoms in total. The minimum Gasteiger partial charge on any atom is -0.303 e. The van der Waals surface area contributed by atoms with Crippen LogP contribution in [0.5, 0.6) is 0 Å². The van der Waals surface area contributed by atoms with Crippen molar-refractivity contribution < 1.29 is 0 Å². The Morgan fingerprint density at radius 2 is 1.75 bits per heavy atom. The van der Waals surface area contributed by atoms with E-state index in [0.29, 0.717) is 17.5 Å². The third-order valence-corrected chi connectivity index (χ3v) is 4.49. The molecule has 0 saturated heterocycles. The van der Waals surface area contributed by atoms with Gasteiger partial charge in [-0.2, -0.15) is 0 Å². The molecule has 0 radical (unpaired) electrons. The van der Waals surface area contributed by atoms with E-state index in [1.807, 2.05) is 11.3 Å². The molecule has 0 spiro atoms. The predicted octanol–water partition coefficient (Wildman–Crippen LogP) is 5.58. The number of nitrogens with one attached hydrogen (secondary N) is 1. The van der Waals surface area contributed by atoms with Gasteiger partial charge in [0.15, 0.2) is 0 Å². The smallest absolute Gasteiger partial charge is 0.0391 e. The van der Waals surface area contributed by atoms with Gasteiger partial charge in [0, 0.05) is 17.0 Å². The lowest BCUT2D eigenvalue weighted by atomic mass is 9.85. The van der Waals surface area contributed by atoms with E-state index >= 15 is 0 Å². The van der Waals surface area contributed by atoms with E-state index in [9.17, 15) is 0 Å². The van der Waals surface area contributed by atoms with Crippen LogP contribution in [0, 0.1) is 5.41 Å². The molecule has 1 aromatic carbocycles. The molecule has 2 aromatic rings. The van der Waals surface area contributed by atoms with Crippen molar-refractivity contribution in [2.45, 2.75) is 46.2 Å². The van der Waals surface area contributed by atoms with Crippen LogP contribution in [0.1, 0.15) is 56.6 Å². The van der Waals surface area contributed by atoms with Gasteiger partial charge >= 0.3 is 0 Å². The highest BCUT2D eigenvalue weighted by molar-refractivity contribution is 7.10. The van der Waals surface area contributed by atoms with E-state index < -0.39 is 0 Å². The fraction of sp³-hybridized carbons (Fsp3) is 0.444. The first-order valence-corrected chi connectivity index (χ1v) is 8.18. The zero-order chi connectivity index (χ0) is 14.6. The molecule has 1 heterocycles. The van der Waals surface area contributed by atoms with E-state index in [4.69, 9.17) is 0 Å². The van der Waals surface area contributed by atoms with Gasteiger partial charge in [0.2, 0.25) is 0 Å². The molecule has 0 fully saturated rings. The minimum atomic E-state index is 0.308. The highest BCUT2D eigenvalue weighted by atomic mass is 32.1. The summed E-state index contributed by atoms with van der Waals surface area (Å²) in [5.41, 5.74) is 1.69. The Bertz CT molecular complexity index is 496. The Morgan fingerprint density at radius 1 is 1.05 bits per heavy atom. The van der Waals surface area contributed by atoms with Gasteiger partial charge in [-0.05, 0) is 35.8 Å². The second-order valence-corrected chi connectivity index (χ2v) is 7.61. The van der Waals surface area contributed by atoms with Gasteiger partial charge < -0.3 is 5.32 Å². The van der Waals surface area contributed by atoms with Crippen molar-refractivity contribution in [3.8, 4) is 0 Å². The molecule has 0 saturated carbocycles. The zero-order valence-electron chi connectivity index (χ0n) is 12.9. The van der Waals surface area contributed by atoms with E-state index in [2.05, 4.69) is 80.9 Å². The number of hydrogen-bond donors (Lipinski definition) is 1. The van der Waals surface area contributed by atoms with Gasteiger partial charge in [-0.25, -0.2) is 0 Å². The molecule has 2 heteroatoms. The maximum Gasteiger partial charge on any atom is 0.0391 e. The van der Waals surface area contributed by atoms with Crippen molar-refractivity contribution in [1.82, 2.24) is 5.32 Å². The van der Waals surface area contributed by atoms with Crippen molar-refractivity contribution in [3.63, 3.8) is 0 Å². The number of thiophene rings is 1. The fourth-order valence-electron chi connectivity index (χ4n) is 2.49. The summed E-state index contributed by atoms with van der Waals surface area (Å²) >= 11 is 1.82. The topological polar surface area (TPSA) is 12.0 Å². The molecule has 0 aliphatic rings. The van der Waals surface area contributed by atoms with Crippen LogP contribution in [0.2, 0.25) is 0 Å². The Morgan fingerprint density at radius 3 is 2.30 bits per heavy atom. The second kappa shape index (κ2) is 6.55. The molecular formula is C18H25NS. The van der Waals surface area contributed by atoms with E-state index in [0.717, 1.165) is 6.42 Å². The van der Waals surface area contributed by atoms with Crippen LogP contribution < -0.4 is 5.32 Å². The lowest BCUT2D eigenvalue weighted by molar-refractivity contribution is 0.298. The molecule has 0 bridgehead atoms. The summed E-state index contributed by atoms with van der Waals surface area (Å²) in [5.74, 6) is 0. The molecule has 1 aromatic heterocycles. The van der Waals surface area contributed by atoms with Crippen molar-refractivity contribution in [1.29, 1.82) is 0 Å². The summed E-state index contributed by atoms with van der Waals surface area (Å²) in [6.07, 6.45) is 1.13. The van der Waals surface area contributed by atoms with Gasteiger partial charge in [-0.1, -0.05) is 57.2 Å². The van der Waals surface area contributed by atoms with Crippen LogP contribution >= 0.6 is 11.3 Å². The maximum absolute atomic E-state index is 3.80. The predicted molar refractivity (Wildman–Crippen MR) is 89.1 cm³/mol. The van der Waals surface area contributed by atoms with Crippen LogP contribution in [-0.2, 0) is 0 Å². The molecule has 0 aliphatic carbocycles. The normalized spacial score (nSPS) is 15.0. The molecule has 0 amide bonds. The fourth-order valence-corrected chi connectivity index (χ4v) is 3.24. The molecule has 0 aliphatic heterocycles. The summed E-state index contributed by atoms with van der Waals surface area (Å²) in [7, 11) is 0. The van der Waals surface area contributed by atoms with Gasteiger partial charge in [0.05, 0.1) is 0 Å². The highest BCUT2D eigenvalue weighted by Gasteiger charge is 2.22. The summed E-state index contributed by atoms with van der Waals surface area (Å²) in [6.45, 7) is 9.17. The molecule has 1 N–H and O–H groups in total. The van der Waals surface area contributed by atoms with Crippen molar-refractivity contribution in [3.05, 3.63) is 58.3 Å². The summed E-state index contributed by atoms with van der Waals surface area (Å²) in [4.78, 5) is 1.40. The summed E-state index contributed by atoms with van der Waals surface area (Å²) in [5, 5.41) is 5.95. The average Bonchev–Trinajstić information content (AvgIpc) is 2.91. The molecule has 1 unspecified atom stereocenters. The van der Waals surface area contributed by atoms with Crippen molar-refractivity contribution in [2.24, 2.45) is 5.41 Å². The van der Waals surface area contributed by atoms with E-state index in [1.54, 1.807) is 0 Å². The number of hydrogen-bond acceptors (Lipinski definition) is 2. The first kappa shape index (κ1) is 15.3. The zero-order valence-corrected chi connectivity index (χ0v) is 13.7. The number of benzene rings is 1. The lowest BCUT2D eigenvalue weighted by Gasteiger charge is -2.29. The largest absolute Gasteiger partial charge is 0.303 e. The molecule has 2 rings (SSSR count).